The molecule has 0 aromatic carbocycles. The maximum atomic E-state index is 2.32. The average Bonchev–Trinajstić information content (AvgIpc) is 2.92. The zero-order valence-electron chi connectivity index (χ0n) is 9.79. The van der Waals surface area contributed by atoms with E-state index in [1.807, 2.05) is 0 Å². The number of rotatable bonds is 3. The Kier molecular flexibility index (Phi) is 6.91. The van der Waals surface area contributed by atoms with Crippen molar-refractivity contribution in [2.24, 2.45) is 0 Å². The van der Waals surface area contributed by atoms with Gasteiger partial charge in [0.2, 0.25) is 0 Å². The fourth-order valence-electron chi connectivity index (χ4n) is 1.29. The SMILES string of the molecule is C1=CC[C]([Hf][C]2=CC=CC2)=C1.CCCC. The molecule has 0 spiro atoms. The van der Waals surface area contributed by atoms with E-state index in [-0.39, 0.29) is 0 Å². The molecule has 0 aliphatic heterocycles. The van der Waals surface area contributed by atoms with E-state index in [4.69, 9.17) is 0 Å². The Morgan fingerprint density at radius 1 is 0.933 bits per heavy atom. The normalized spacial score (nSPS) is 16.9. The van der Waals surface area contributed by atoms with Crippen LogP contribution in [0.5, 0.6) is 0 Å². The van der Waals surface area contributed by atoms with E-state index in [0.717, 1.165) is 0 Å². The molecule has 0 heterocycles. The van der Waals surface area contributed by atoms with Crippen LogP contribution < -0.4 is 0 Å². The molecule has 2 aliphatic rings. The molecule has 0 aromatic rings. The topological polar surface area (TPSA) is 0 Å². The molecule has 2 aliphatic carbocycles. The minimum absolute atomic E-state index is 0.526. The van der Waals surface area contributed by atoms with Crippen molar-refractivity contribution >= 4 is 0 Å². The molecule has 0 saturated heterocycles. The molecule has 1 heteroatoms. The van der Waals surface area contributed by atoms with Crippen LogP contribution in [-0.2, 0) is 22.9 Å². The van der Waals surface area contributed by atoms with E-state index in [2.05, 4.69) is 50.3 Å². The van der Waals surface area contributed by atoms with Gasteiger partial charge in [-0.3, -0.25) is 0 Å². The largest absolute Gasteiger partial charge is 0.0654 e. The second-order valence-corrected chi connectivity index (χ2v) is 9.29. The molecule has 0 saturated carbocycles. The average molecular weight is 367 g/mol. The molecule has 15 heavy (non-hydrogen) atoms. The zero-order chi connectivity index (χ0) is 10.9. The maximum absolute atomic E-state index is 2.32. The fraction of sp³-hybridized carbons (Fsp3) is 0.429. The minimum atomic E-state index is -0.526. The molecule has 0 N–H and O–H groups in total. The molecular weight excluding hydrogens is 347 g/mol. The summed E-state index contributed by atoms with van der Waals surface area (Å²) in [5.74, 6) is 0. The second-order valence-electron chi connectivity index (χ2n) is 3.77. The van der Waals surface area contributed by atoms with E-state index < -0.39 is 22.9 Å². The van der Waals surface area contributed by atoms with Crippen LogP contribution in [0.1, 0.15) is 39.5 Å². The first kappa shape index (κ1) is 12.9. The van der Waals surface area contributed by atoms with Gasteiger partial charge in [-0.15, -0.1) is 0 Å². The van der Waals surface area contributed by atoms with Gasteiger partial charge in [0.1, 0.15) is 0 Å². The van der Waals surface area contributed by atoms with Crippen molar-refractivity contribution in [3.05, 3.63) is 43.1 Å². The van der Waals surface area contributed by atoms with Crippen LogP contribution >= 0.6 is 0 Å². The summed E-state index contributed by atoms with van der Waals surface area (Å²) in [4.78, 5) is 0. The Bertz CT molecular complexity index is 262. The predicted molar refractivity (Wildman–Crippen MR) is 64.3 cm³/mol. The van der Waals surface area contributed by atoms with Crippen LogP contribution in [0.3, 0.4) is 0 Å². The van der Waals surface area contributed by atoms with Crippen molar-refractivity contribution in [1.29, 1.82) is 0 Å². The van der Waals surface area contributed by atoms with Crippen molar-refractivity contribution < 1.29 is 22.9 Å². The maximum Gasteiger partial charge on any atom is -0.0564 e. The predicted octanol–water partition coefficient (Wildman–Crippen LogP) is 4.56. The summed E-state index contributed by atoms with van der Waals surface area (Å²) in [5, 5.41) is 0. The molecule has 0 amide bonds. The van der Waals surface area contributed by atoms with Gasteiger partial charge >= 0.3 is 78.9 Å². The number of hydrogen-bond donors (Lipinski definition) is 0. The van der Waals surface area contributed by atoms with Gasteiger partial charge in [-0.05, 0) is 0 Å². The van der Waals surface area contributed by atoms with Gasteiger partial charge in [0, 0.05) is 0 Å². The van der Waals surface area contributed by atoms with Crippen molar-refractivity contribution in [1.82, 2.24) is 0 Å². The second kappa shape index (κ2) is 8.04. The summed E-state index contributed by atoms with van der Waals surface area (Å²) in [6.07, 6.45) is 18.7. The van der Waals surface area contributed by atoms with E-state index in [1.54, 1.807) is 6.66 Å². The van der Waals surface area contributed by atoms with Crippen molar-refractivity contribution in [3.8, 4) is 0 Å². The molecule has 0 fully saturated rings. The standard InChI is InChI=1S/2C5H5.C4H10.Hf/c2*1-2-4-5-3-1;1-3-4-2;/h2*1-3H,4H2;3-4H2,1-2H3;. The Labute approximate surface area is 105 Å². The third-order valence-electron chi connectivity index (χ3n) is 2.36. The smallest absolute Gasteiger partial charge is 0.0564 e. The third kappa shape index (κ3) is 5.46. The summed E-state index contributed by atoms with van der Waals surface area (Å²) in [6.45, 7) is 4.36. The Hall–Kier alpha value is -0.170. The number of hydrogen-bond acceptors (Lipinski definition) is 0. The molecular formula is C14H20Hf. The molecule has 0 nitrogen and oxygen atoms in total. The first-order valence-electron chi connectivity index (χ1n) is 5.85. The first-order chi connectivity index (χ1) is 7.36. The quantitative estimate of drug-likeness (QED) is 0.642. The summed E-state index contributed by atoms with van der Waals surface area (Å²) >= 11 is -0.526. The minimum Gasteiger partial charge on any atom is -0.0654 e. The van der Waals surface area contributed by atoms with Gasteiger partial charge in [0.05, 0.1) is 0 Å². The molecule has 2 rings (SSSR count). The molecule has 80 valence electrons. The summed E-state index contributed by atoms with van der Waals surface area (Å²) < 4.78 is 3.50. The van der Waals surface area contributed by atoms with Gasteiger partial charge in [0.25, 0.3) is 0 Å². The van der Waals surface area contributed by atoms with Crippen LogP contribution in [0.2, 0.25) is 0 Å². The number of unbranched alkanes of at least 4 members (excludes halogenated alkanes) is 1. The van der Waals surface area contributed by atoms with Crippen molar-refractivity contribution in [3.63, 3.8) is 0 Å². The van der Waals surface area contributed by atoms with Gasteiger partial charge in [0.15, 0.2) is 0 Å². The van der Waals surface area contributed by atoms with Gasteiger partial charge in [-0.1, -0.05) is 26.7 Å². The fourth-order valence-corrected chi connectivity index (χ4v) is 5.64. The van der Waals surface area contributed by atoms with Crippen molar-refractivity contribution in [2.75, 3.05) is 0 Å². The summed E-state index contributed by atoms with van der Waals surface area (Å²) in [5.41, 5.74) is 0. The van der Waals surface area contributed by atoms with Gasteiger partial charge in [-0.2, -0.15) is 0 Å². The van der Waals surface area contributed by atoms with Crippen LogP contribution in [-0.4, -0.2) is 0 Å². The third-order valence-corrected chi connectivity index (χ3v) is 7.34. The Morgan fingerprint density at radius 2 is 1.40 bits per heavy atom. The molecule has 0 unspecified atom stereocenters. The Morgan fingerprint density at radius 3 is 1.67 bits per heavy atom. The van der Waals surface area contributed by atoms with E-state index >= 15 is 0 Å². The van der Waals surface area contributed by atoms with E-state index in [0.29, 0.717) is 0 Å². The van der Waals surface area contributed by atoms with Crippen LogP contribution in [0.15, 0.2) is 43.1 Å². The van der Waals surface area contributed by atoms with E-state index in [9.17, 15) is 0 Å². The van der Waals surface area contributed by atoms with Crippen LogP contribution in [0.25, 0.3) is 0 Å². The summed E-state index contributed by atoms with van der Waals surface area (Å²) in [6, 6.07) is 0. The first-order valence-corrected chi connectivity index (χ1v) is 9.44. The monoisotopic (exact) mass is 368 g/mol. The van der Waals surface area contributed by atoms with Gasteiger partial charge < -0.3 is 0 Å². The number of allylic oxidation sites excluding steroid dienone is 8. The zero-order valence-corrected chi connectivity index (χ0v) is 13.4. The van der Waals surface area contributed by atoms with Crippen LogP contribution in [0.4, 0.5) is 0 Å². The van der Waals surface area contributed by atoms with Crippen LogP contribution in [0, 0.1) is 0 Å². The van der Waals surface area contributed by atoms with E-state index in [1.165, 1.54) is 25.7 Å². The molecule has 0 bridgehead atoms. The van der Waals surface area contributed by atoms with Gasteiger partial charge in [-0.25, -0.2) is 0 Å². The molecule has 0 radical (unpaired) electrons. The summed E-state index contributed by atoms with van der Waals surface area (Å²) in [7, 11) is 0. The van der Waals surface area contributed by atoms with Crippen molar-refractivity contribution in [2.45, 2.75) is 39.5 Å². The Balaban J connectivity index is 0.000000245. The molecule has 0 aromatic heterocycles. The molecule has 0 atom stereocenters.